The highest BCUT2D eigenvalue weighted by molar-refractivity contribution is 5.77. The number of unbranched alkanes of at least 4 members (excludes halogenated alkanes) is 5. The highest BCUT2D eigenvalue weighted by atomic mass is 15.4. The van der Waals surface area contributed by atoms with Gasteiger partial charge < -0.3 is 5.01 Å². The van der Waals surface area contributed by atoms with Gasteiger partial charge in [0, 0.05) is 20.3 Å². The van der Waals surface area contributed by atoms with Crippen molar-refractivity contribution >= 4 is 6.21 Å². The van der Waals surface area contributed by atoms with Crippen LogP contribution in [-0.4, -0.2) is 25.3 Å². The van der Waals surface area contributed by atoms with Gasteiger partial charge in [-0.2, -0.15) is 5.10 Å². The van der Waals surface area contributed by atoms with Crippen molar-refractivity contribution in [2.24, 2.45) is 5.10 Å². The molecule has 88 valence electrons. The third-order valence-electron chi connectivity index (χ3n) is 2.27. The van der Waals surface area contributed by atoms with Crippen LogP contribution < -0.4 is 0 Å². The van der Waals surface area contributed by atoms with Crippen LogP contribution >= 0.6 is 0 Å². The first kappa shape index (κ1) is 14.2. The van der Waals surface area contributed by atoms with Crippen LogP contribution in [-0.2, 0) is 0 Å². The molecule has 0 spiro atoms. The molecule has 15 heavy (non-hydrogen) atoms. The van der Waals surface area contributed by atoms with Crippen LogP contribution in [0.3, 0.4) is 0 Å². The van der Waals surface area contributed by atoms with Crippen molar-refractivity contribution in [2.75, 3.05) is 14.1 Å². The molecular formula is C13H26N2. The largest absolute Gasteiger partial charge is 0.303 e. The predicted molar refractivity (Wildman–Crippen MR) is 69.3 cm³/mol. The average molecular weight is 210 g/mol. The summed E-state index contributed by atoms with van der Waals surface area (Å²) in [5.41, 5.74) is 1.26. The summed E-state index contributed by atoms with van der Waals surface area (Å²) in [6.07, 6.45) is 12.2. The number of allylic oxidation sites excluding steroid dienone is 2. The molecule has 0 aliphatic carbocycles. The van der Waals surface area contributed by atoms with E-state index in [1.165, 1.54) is 44.1 Å². The van der Waals surface area contributed by atoms with Crippen molar-refractivity contribution in [1.82, 2.24) is 5.01 Å². The Bertz CT molecular complexity index is 193. The molecule has 0 bridgehead atoms. The van der Waals surface area contributed by atoms with Gasteiger partial charge in [0.15, 0.2) is 0 Å². The fourth-order valence-electron chi connectivity index (χ4n) is 1.34. The first-order chi connectivity index (χ1) is 7.16. The van der Waals surface area contributed by atoms with Crippen molar-refractivity contribution in [1.29, 1.82) is 0 Å². The Morgan fingerprint density at radius 1 is 1.13 bits per heavy atom. The summed E-state index contributed by atoms with van der Waals surface area (Å²) in [4.78, 5) is 0. The van der Waals surface area contributed by atoms with E-state index >= 15 is 0 Å². The van der Waals surface area contributed by atoms with Gasteiger partial charge in [0.25, 0.3) is 0 Å². The molecule has 0 rings (SSSR count). The molecule has 0 atom stereocenters. The van der Waals surface area contributed by atoms with Gasteiger partial charge in [-0.3, -0.25) is 0 Å². The molecule has 0 unspecified atom stereocenters. The minimum atomic E-state index is 1.19. The van der Waals surface area contributed by atoms with Crippen molar-refractivity contribution in [2.45, 2.75) is 52.4 Å². The second kappa shape index (κ2) is 9.75. The van der Waals surface area contributed by atoms with Gasteiger partial charge in [-0.1, -0.05) is 38.7 Å². The van der Waals surface area contributed by atoms with Gasteiger partial charge in [-0.25, -0.2) is 0 Å². The van der Waals surface area contributed by atoms with E-state index in [0.717, 1.165) is 0 Å². The Balaban J connectivity index is 3.50. The molecule has 0 aliphatic rings. The van der Waals surface area contributed by atoms with Gasteiger partial charge in [0.05, 0.1) is 0 Å². The number of rotatable bonds is 8. The first-order valence-electron chi connectivity index (χ1n) is 6.05. The fraction of sp³-hybridized carbons (Fsp3) is 0.769. The molecular weight excluding hydrogens is 184 g/mol. The van der Waals surface area contributed by atoms with E-state index in [9.17, 15) is 0 Å². The van der Waals surface area contributed by atoms with Crippen LogP contribution in [0.5, 0.6) is 0 Å². The van der Waals surface area contributed by atoms with Crippen LogP contribution in [0.25, 0.3) is 0 Å². The standard InChI is InChI=1S/C13H26N2/c1-5-6-7-8-9-10-11-13(2)12-14-15(3)4/h11-12H,5-10H2,1-4H3/b13-11+,14-12+. The van der Waals surface area contributed by atoms with Crippen molar-refractivity contribution < 1.29 is 0 Å². The van der Waals surface area contributed by atoms with E-state index in [1.807, 2.05) is 25.3 Å². The predicted octanol–water partition coefficient (Wildman–Crippen LogP) is 3.84. The smallest absolute Gasteiger partial charge is 0.0496 e. The third kappa shape index (κ3) is 11.1. The van der Waals surface area contributed by atoms with Gasteiger partial charge in [-0.15, -0.1) is 0 Å². The normalized spacial score (nSPS) is 12.4. The summed E-state index contributed by atoms with van der Waals surface area (Å²) in [6.45, 7) is 4.36. The Labute approximate surface area is 95.1 Å². The third-order valence-corrected chi connectivity index (χ3v) is 2.27. The van der Waals surface area contributed by atoms with E-state index in [1.54, 1.807) is 0 Å². The lowest BCUT2D eigenvalue weighted by molar-refractivity contribution is 0.440. The molecule has 0 fully saturated rings. The number of nitrogens with zero attached hydrogens (tertiary/aromatic N) is 2. The SMILES string of the molecule is CCCCCCC/C=C(C)/C=N/N(C)C. The Morgan fingerprint density at radius 3 is 2.40 bits per heavy atom. The Hall–Kier alpha value is -0.790. The zero-order chi connectivity index (χ0) is 11.5. The Morgan fingerprint density at radius 2 is 1.80 bits per heavy atom. The quantitative estimate of drug-likeness (QED) is 0.337. The molecule has 0 aliphatic heterocycles. The Kier molecular flexibility index (Phi) is 9.24. The number of hydrogen-bond acceptors (Lipinski definition) is 2. The number of hydrazone groups is 1. The monoisotopic (exact) mass is 210 g/mol. The summed E-state index contributed by atoms with van der Waals surface area (Å²) in [7, 11) is 3.88. The summed E-state index contributed by atoms with van der Waals surface area (Å²) in [5, 5.41) is 6.01. The van der Waals surface area contributed by atoms with Gasteiger partial charge in [-0.05, 0) is 25.3 Å². The molecule has 0 saturated heterocycles. The van der Waals surface area contributed by atoms with Crippen LogP contribution in [0.4, 0.5) is 0 Å². The lowest BCUT2D eigenvalue weighted by Gasteiger charge is -2.02. The van der Waals surface area contributed by atoms with E-state index in [0.29, 0.717) is 0 Å². The molecule has 0 aromatic carbocycles. The zero-order valence-corrected chi connectivity index (χ0v) is 10.8. The van der Waals surface area contributed by atoms with E-state index in [2.05, 4.69) is 25.0 Å². The minimum absolute atomic E-state index is 1.19. The van der Waals surface area contributed by atoms with Crippen molar-refractivity contribution in [3.8, 4) is 0 Å². The van der Waals surface area contributed by atoms with Crippen LogP contribution in [0.1, 0.15) is 52.4 Å². The molecule has 2 nitrogen and oxygen atoms in total. The summed E-state index contributed by atoms with van der Waals surface area (Å²) in [5.74, 6) is 0. The minimum Gasteiger partial charge on any atom is -0.303 e. The van der Waals surface area contributed by atoms with E-state index in [-0.39, 0.29) is 0 Å². The van der Waals surface area contributed by atoms with Gasteiger partial charge >= 0.3 is 0 Å². The highest BCUT2D eigenvalue weighted by Crippen LogP contribution is 2.06. The maximum atomic E-state index is 4.19. The first-order valence-corrected chi connectivity index (χ1v) is 6.05. The highest BCUT2D eigenvalue weighted by Gasteiger charge is 1.88. The maximum Gasteiger partial charge on any atom is 0.0496 e. The zero-order valence-electron chi connectivity index (χ0n) is 10.8. The molecule has 0 heterocycles. The van der Waals surface area contributed by atoms with Crippen LogP contribution in [0, 0.1) is 0 Å². The molecule has 0 radical (unpaired) electrons. The number of hydrogen-bond donors (Lipinski definition) is 0. The summed E-state index contributed by atoms with van der Waals surface area (Å²) in [6, 6.07) is 0. The molecule has 0 N–H and O–H groups in total. The van der Waals surface area contributed by atoms with Gasteiger partial charge in [0.2, 0.25) is 0 Å². The molecule has 0 amide bonds. The second-order valence-corrected chi connectivity index (χ2v) is 4.24. The summed E-state index contributed by atoms with van der Waals surface area (Å²) >= 11 is 0. The molecule has 2 heteroatoms. The lowest BCUT2D eigenvalue weighted by atomic mass is 10.1. The maximum absolute atomic E-state index is 4.19. The van der Waals surface area contributed by atoms with E-state index < -0.39 is 0 Å². The van der Waals surface area contributed by atoms with Crippen LogP contribution in [0.2, 0.25) is 0 Å². The lowest BCUT2D eigenvalue weighted by Crippen LogP contribution is -2.01. The summed E-state index contributed by atoms with van der Waals surface area (Å²) < 4.78 is 0. The topological polar surface area (TPSA) is 15.6 Å². The molecule has 0 saturated carbocycles. The van der Waals surface area contributed by atoms with Crippen LogP contribution in [0.15, 0.2) is 16.8 Å². The average Bonchev–Trinajstić information content (AvgIpc) is 2.20. The van der Waals surface area contributed by atoms with Crippen molar-refractivity contribution in [3.05, 3.63) is 11.6 Å². The molecule has 0 aromatic heterocycles. The van der Waals surface area contributed by atoms with Crippen molar-refractivity contribution in [3.63, 3.8) is 0 Å². The molecule has 0 aromatic rings. The fourth-order valence-corrected chi connectivity index (χ4v) is 1.34. The second-order valence-electron chi connectivity index (χ2n) is 4.24. The van der Waals surface area contributed by atoms with E-state index in [4.69, 9.17) is 0 Å². The van der Waals surface area contributed by atoms with Gasteiger partial charge in [0.1, 0.15) is 0 Å².